The van der Waals surface area contributed by atoms with E-state index in [0.29, 0.717) is 0 Å². The van der Waals surface area contributed by atoms with Crippen LogP contribution in [0.25, 0.3) is 0 Å². The number of benzene rings is 2. The van der Waals surface area contributed by atoms with Crippen molar-refractivity contribution in [3.8, 4) is 5.75 Å². The summed E-state index contributed by atoms with van der Waals surface area (Å²) in [6.45, 7) is 0. The van der Waals surface area contributed by atoms with Crippen LogP contribution in [0.1, 0.15) is 23.7 Å². The molecule has 1 N–H and O–H groups in total. The summed E-state index contributed by atoms with van der Waals surface area (Å²) in [5.41, 5.74) is 2.16. The molecule has 0 amide bonds. The first-order chi connectivity index (χ1) is 8.79. The Balaban J connectivity index is 1.95. The average molecular weight is 242 g/mol. The van der Waals surface area contributed by atoms with Crippen LogP contribution in [0, 0.1) is 0 Å². The van der Waals surface area contributed by atoms with Gasteiger partial charge in [0.2, 0.25) is 0 Å². The molecule has 0 aliphatic rings. The molecule has 0 heterocycles. The van der Waals surface area contributed by atoms with E-state index in [0.717, 1.165) is 24.2 Å². The maximum Gasteiger partial charge on any atom is 0.119 e. The molecule has 94 valence electrons. The lowest BCUT2D eigenvalue weighted by atomic mass is 10.0. The molecule has 1 unspecified atom stereocenters. The largest absolute Gasteiger partial charge is 0.497 e. The van der Waals surface area contributed by atoms with Crippen LogP contribution < -0.4 is 4.74 Å². The smallest absolute Gasteiger partial charge is 0.119 e. The summed E-state index contributed by atoms with van der Waals surface area (Å²) in [4.78, 5) is 0. The number of aryl methyl sites for hydroxylation is 1. The van der Waals surface area contributed by atoms with Gasteiger partial charge < -0.3 is 9.84 Å². The summed E-state index contributed by atoms with van der Waals surface area (Å²) >= 11 is 0. The lowest BCUT2D eigenvalue weighted by Crippen LogP contribution is -1.99. The molecule has 0 aromatic heterocycles. The van der Waals surface area contributed by atoms with Crippen molar-refractivity contribution in [1.29, 1.82) is 0 Å². The molecule has 0 spiro atoms. The number of hydrogen-bond acceptors (Lipinski definition) is 2. The van der Waals surface area contributed by atoms with E-state index in [1.165, 1.54) is 5.56 Å². The number of methoxy groups -OCH3 is 1. The Bertz CT molecular complexity index is 479. The van der Waals surface area contributed by atoms with Crippen molar-refractivity contribution in [2.24, 2.45) is 0 Å². The SMILES string of the molecule is COc1cccc(CCC(O)c2ccccc2)c1. The van der Waals surface area contributed by atoms with Gasteiger partial charge in [0.1, 0.15) is 5.75 Å². The second kappa shape index (κ2) is 6.22. The summed E-state index contributed by atoms with van der Waals surface area (Å²) in [5, 5.41) is 10.1. The summed E-state index contributed by atoms with van der Waals surface area (Å²) in [5.74, 6) is 0.863. The molecular weight excluding hydrogens is 224 g/mol. The Hall–Kier alpha value is -1.80. The van der Waals surface area contributed by atoms with Crippen LogP contribution in [0.3, 0.4) is 0 Å². The van der Waals surface area contributed by atoms with Gasteiger partial charge >= 0.3 is 0 Å². The molecule has 0 fully saturated rings. The molecule has 2 heteroatoms. The molecule has 0 saturated carbocycles. The fourth-order valence-electron chi connectivity index (χ4n) is 1.97. The lowest BCUT2D eigenvalue weighted by molar-refractivity contribution is 0.168. The molecule has 2 nitrogen and oxygen atoms in total. The van der Waals surface area contributed by atoms with E-state index >= 15 is 0 Å². The first-order valence-corrected chi connectivity index (χ1v) is 6.15. The van der Waals surface area contributed by atoms with Gasteiger partial charge in [-0.3, -0.25) is 0 Å². The third kappa shape index (κ3) is 3.34. The number of aliphatic hydroxyl groups excluding tert-OH is 1. The molecular formula is C16H18O2. The number of ether oxygens (including phenoxy) is 1. The molecule has 0 radical (unpaired) electrons. The van der Waals surface area contributed by atoms with Crippen molar-refractivity contribution in [1.82, 2.24) is 0 Å². The van der Waals surface area contributed by atoms with Gasteiger partial charge in [-0.2, -0.15) is 0 Å². The average Bonchev–Trinajstić information content (AvgIpc) is 2.46. The Morgan fingerprint density at radius 2 is 1.83 bits per heavy atom. The highest BCUT2D eigenvalue weighted by Crippen LogP contribution is 2.20. The highest BCUT2D eigenvalue weighted by molar-refractivity contribution is 5.28. The maximum absolute atomic E-state index is 10.1. The summed E-state index contributed by atoms with van der Waals surface area (Å²) in [7, 11) is 1.66. The molecule has 2 aromatic carbocycles. The second-order valence-corrected chi connectivity index (χ2v) is 4.32. The van der Waals surface area contributed by atoms with Crippen LogP contribution >= 0.6 is 0 Å². The molecule has 0 aliphatic heterocycles. The minimum atomic E-state index is -0.405. The normalized spacial score (nSPS) is 12.1. The first-order valence-electron chi connectivity index (χ1n) is 6.15. The zero-order valence-corrected chi connectivity index (χ0v) is 10.5. The molecule has 0 aliphatic carbocycles. The molecule has 2 aromatic rings. The highest BCUT2D eigenvalue weighted by atomic mass is 16.5. The monoisotopic (exact) mass is 242 g/mol. The fraction of sp³-hybridized carbons (Fsp3) is 0.250. The van der Waals surface area contributed by atoms with E-state index in [1.54, 1.807) is 7.11 Å². The quantitative estimate of drug-likeness (QED) is 0.871. The van der Waals surface area contributed by atoms with Crippen molar-refractivity contribution in [3.63, 3.8) is 0 Å². The lowest BCUT2D eigenvalue weighted by Gasteiger charge is -2.11. The minimum Gasteiger partial charge on any atom is -0.497 e. The van der Waals surface area contributed by atoms with Crippen molar-refractivity contribution in [2.45, 2.75) is 18.9 Å². The molecule has 2 rings (SSSR count). The van der Waals surface area contributed by atoms with E-state index in [1.807, 2.05) is 48.5 Å². The minimum absolute atomic E-state index is 0.405. The summed E-state index contributed by atoms with van der Waals surface area (Å²) in [6.07, 6.45) is 1.15. The third-order valence-corrected chi connectivity index (χ3v) is 3.02. The molecule has 1 atom stereocenters. The van der Waals surface area contributed by atoms with Gasteiger partial charge in [0.15, 0.2) is 0 Å². The van der Waals surface area contributed by atoms with Gasteiger partial charge in [0, 0.05) is 0 Å². The summed E-state index contributed by atoms with van der Waals surface area (Å²) < 4.78 is 5.18. The van der Waals surface area contributed by atoms with Crippen molar-refractivity contribution in [3.05, 3.63) is 65.7 Å². The highest BCUT2D eigenvalue weighted by Gasteiger charge is 2.07. The van der Waals surface area contributed by atoms with Gasteiger partial charge in [0.25, 0.3) is 0 Å². The van der Waals surface area contributed by atoms with E-state index < -0.39 is 6.10 Å². The number of aliphatic hydroxyl groups is 1. The van der Waals surface area contributed by atoms with Crippen molar-refractivity contribution in [2.75, 3.05) is 7.11 Å². The topological polar surface area (TPSA) is 29.5 Å². The zero-order chi connectivity index (χ0) is 12.8. The van der Waals surface area contributed by atoms with Crippen LogP contribution in [0.15, 0.2) is 54.6 Å². The van der Waals surface area contributed by atoms with E-state index in [2.05, 4.69) is 6.07 Å². The Labute approximate surface area is 108 Å². The van der Waals surface area contributed by atoms with E-state index in [9.17, 15) is 5.11 Å². The van der Waals surface area contributed by atoms with Crippen LogP contribution in [0.2, 0.25) is 0 Å². The van der Waals surface area contributed by atoms with Gasteiger partial charge in [-0.15, -0.1) is 0 Å². The van der Waals surface area contributed by atoms with Crippen LogP contribution in [-0.4, -0.2) is 12.2 Å². The predicted octanol–water partition coefficient (Wildman–Crippen LogP) is 3.36. The second-order valence-electron chi connectivity index (χ2n) is 4.32. The van der Waals surface area contributed by atoms with Crippen LogP contribution in [0.4, 0.5) is 0 Å². The van der Waals surface area contributed by atoms with Gasteiger partial charge in [0.05, 0.1) is 13.2 Å². The number of hydrogen-bond donors (Lipinski definition) is 1. The van der Waals surface area contributed by atoms with Crippen molar-refractivity contribution < 1.29 is 9.84 Å². The third-order valence-electron chi connectivity index (χ3n) is 3.02. The number of rotatable bonds is 5. The maximum atomic E-state index is 10.1. The van der Waals surface area contributed by atoms with E-state index in [4.69, 9.17) is 4.74 Å². The Morgan fingerprint density at radius 3 is 2.56 bits per heavy atom. The Morgan fingerprint density at radius 1 is 1.06 bits per heavy atom. The Kier molecular flexibility index (Phi) is 4.37. The standard InChI is InChI=1S/C16H18O2/c1-18-15-9-5-6-13(12-15)10-11-16(17)14-7-3-2-4-8-14/h2-9,12,16-17H,10-11H2,1H3. The first kappa shape index (κ1) is 12.7. The van der Waals surface area contributed by atoms with Gasteiger partial charge in [-0.1, -0.05) is 42.5 Å². The molecule has 0 saturated heterocycles. The summed E-state index contributed by atoms with van der Waals surface area (Å²) in [6, 6.07) is 17.7. The molecule has 0 bridgehead atoms. The van der Waals surface area contributed by atoms with E-state index in [-0.39, 0.29) is 0 Å². The van der Waals surface area contributed by atoms with Crippen LogP contribution in [-0.2, 0) is 6.42 Å². The fourth-order valence-corrected chi connectivity index (χ4v) is 1.97. The predicted molar refractivity (Wildman–Crippen MR) is 72.7 cm³/mol. The van der Waals surface area contributed by atoms with Crippen molar-refractivity contribution >= 4 is 0 Å². The van der Waals surface area contributed by atoms with Gasteiger partial charge in [-0.25, -0.2) is 0 Å². The van der Waals surface area contributed by atoms with Gasteiger partial charge in [-0.05, 0) is 36.1 Å². The van der Waals surface area contributed by atoms with Crippen LogP contribution in [0.5, 0.6) is 5.75 Å². The molecule has 18 heavy (non-hydrogen) atoms. The zero-order valence-electron chi connectivity index (χ0n) is 10.5.